The summed E-state index contributed by atoms with van der Waals surface area (Å²) in [7, 11) is 0. The van der Waals surface area contributed by atoms with Crippen LogP contribution < -0.4 is 10.6 Å². The molecule has 0 unspecified atom stereocenters. The average molecular weight is 391 g/mol. The Morgan fingerprint density at radius 3 is 2.21 bits per heavy atom. The van der Waals surface area contributed by atoms with Crippen LogP contribution in [0.25, 0.3) is 11.1 Å². The van der Waals surface area contributed by atoms with Crippen LogP contribution in [0, 0.1) is 17.0 Å². The molecule has 6 nitrogen and oxygen atoms in total. The van der Waals surface area contributed by atoms with Crippen LogP contribution in [-0.2, 0) is 0 Å². The van der Waals surface area contributed by atoms with Crippen LogP contribution in [0.15, 0.2) is 72.8 Å². The average Bonchev–Trinajstić information content (AvgIpc) is 2.70. The van der Waals surface area contributed by atoms with Gasteiger partial charge in [-0.15, -0.1) is 0 Å². The van der Waals surface area contributed by atoms with Gasteiger partial charge in [0.05, 0.1) is 4.92 Å². The zero-order valence-corrected chi connectivity index (χ0v) is 15.8. The minimum atomic E-state index is -0.462. The van der Waals surface area contributed by atoms with Crippen molar-refractivity contribution in [1.29, 1.82) is 0 Å². The third kappa shape index (κ3) is 4.57. The van der Waals surface area contributed by atoms with Gasteiger partial charge in [0.25, 0.3) is 11.6 Å². The fourth-order valence-corrected chi connectivity index (χ4v) is 2.88. The van der Waals surface area contributed by atoms with E-state index in [-0.39, 0.29) is 16.7 Å². The number of anilines is 1. The molecule has 140 valence electrons. The lowest BCUT2D eigenvalue weighted by atomic mass is 10.0. The Morgan fingerprint density at radius 1 is 0.964 bits per heavy atom. The summed E-state index contributed by atoms with van der Waals surface area (Å²) in [5.41, 5.74) is 3.80. The number of nitrogens with one attached hydrogen (secondary N) is 2. The van der Waals surface area contributed by atoms with Crippen molar-refractivity contribution in [2.24, 2.45) is 0 Å². The SMILES string of the molecule is Cc1cc([N+](=O)[O-])ccc1NC(=S)NC(=O)c1ccc(-c2ccccc2)cc1. The summed E-state index contributed by atoms with van der Waals surface area (Å²) in [6.45, 7) is 1.72. The number of carbonyl (C=O) groups excluding carboxylic acids is 1. The molecule has 3 rings (SSSR count). The van der Waals surface area contributed by atoms with Gasteiger partial charge in [-0.1, -0.05) is 42.5 Å². The van der Waals surface area contributed by atoms with E-state index in [4.69, 9.17) is 12.2 Å². The molecule has 0 saturated heterocycles. The number of rotatable bonds is 4. The number of nitro benzene ring substituents is 1. The molecule has 3 aromatic rings. The summed E-state index contributed by atoms with van der Waals surface area (Å²) in [6, 6.07) is 21.5. The highest BCUT2D eigenvalue weighted by Crippen LogP contribution is 2.21. The maximum Gasteiger partial charge on any atom is 0.269 e. The normalized spacial score (nSPS) is 10.2. The van der Waals surface area contributed by atoms with Gasteiger partial charge in [0.2, 0.25) is 0 Å². The minimum absolute atomic E-state index is 0.00323. The fourth-order valence-electron chi connectivity index (χ4n) is 2.68. The van der Waals surface area contributed by atoms with Crippen LogP contribution in [0.1, 0.15) is 15.9 Å². The van der Waals surface area contributed by atoms with E-state index >= 15 is 0 Å². The monoisotopic (exact) mass is 391 g/mol. The molecule has 0 radical (unpaired) electrons. The molecule has 0 saturated carbocycles. The van der Waals surface area contributed by atoms with E-state index in [1.807, 2.05) is 42.5 Å². The van der Waals surface area contributed by atoms with E-state index in [9.17, 15) is 14.9 Å². The summed E-state index contributed by atoms with van der Waals surface area (Å²) in [6.07, 6.45) is 0. The highest BCUT2D eigenvalue weighted by Gasteiger charge is 2.11. The Bertz CT molecular complexity index is 1030. The minimum Gasteiger partial charge on any atom is -0.332 e. The lowest BCUT2D eigenvalue weighted by molar-refractivity contribution is -0.384. The van der Waals surface area contributed by atoms with Crippen molar-refractivity contribution in [2.45, 2.75) is 6.92 Å². The maximum atomic E-state index is 12.4. The van der Waals surface area contributed by atoms with E-state index < -0.39 is 4.92 Å². The van der Waals surface area contributed by atoms with E-state index in [0.717, 1.165) is 11.1 Å². The molecular formula is C21H17N3O3S. The van der Waals surface area contributed by atoms with Crippen molar-refractivity contribution >= 4 is 34.6 Å². The lowest BCUT2D eigenvalue weighted by Crippen LogP contribution is -2.34. The number of hydrogen-bond donors (Lipinski definition) is 2. The maximum absolute atomic E-state index is 12.4. The zero-order valence-electron chi connectivity index (χ0n) is 15.0. The Hall–Kier alpha value is -3.58. The highest BCUT2D eigenvalue weighted by molar-refractivity contribution is 7.80. The first kappa shape index (κ1) is 19.2. The Balaban J connectivity index is 1.64. The van der Waals surface area contributed by atoms with Crippen LogP contribution in [-0.4, -0.2) is 15.9 Å². The van der Waals surface area contributed by atoms with Crippen LogP contribution in [0.4, 0.5) is 11.4 Å². The number of hydrogen-bond acceptors (Lipinski definition) is 4. The van der Waals surface area contributed by atoms with Gasteiger partial charge in [-0.25, -0.2) is 0 Å². The van der Waals surface area contributed by atoms with Crippen molar-refractivity contribution in [3.63, 3.8) is 0 Å². The summed E-state index contributed by atoms with van der Waals surface area (Å²) < 4.78 is 0. The topological polar surface area (TPSA) is 84.3 Å². The van der Waals surface area contributed by atoms with Crippen molar-refractivity contribution < 1.29 is 9.72 Å². The number of amides is 1. The molecular weight excluding hydrogens is 374 g/mol. The second kappa shape index (κ2) is 8.41. The molecule has 0 bridgehead atoms. The predicted octanol–water partition coefficient (Wildman–Crippen LogP) is 4.70. The second-order valence-corrected chi connectivity index (χ2v) is 6.52. The molecule has 0 aromatic heterocycles. The first-order valence-electron chi connectivity index (χ1n) is 8.47. The van der Waals surface area contributed by atoms with Gasteiger partial charge in [0.15, 0.2) is 5.11 Å². The van der Waals surface area contributed by atoms with Gasteiger partial charge in [-0.05, 0) is 54.0 Å². The van der Waals surface area contributed by atoms with Crippen LogP contribution >= 0.6 is 12.2 Å². The number of carbonyl (C=O) groups is 1. The molecule has 0 aliphatic rings. The molecule has 0 aliphatic carbocycles. The van der Waals surface area contributed by atoms with E-state index in [0.29, 0.717) is 16.8 Å². The largest absolute Gasteiger partial charge is 0.332 e. The highest BCUT2D eigenvalue weighted by atomic mass is 32.1. The molecule has 3 aromatic carbocycles. The third-order valence-electron chi connectivity index (χ3n) is 4.15. The van der Waals surface area contributed by atoms with Crippen molar-refractivity contribution in [3.8, 4) is 11.1 Å². The number of benzene rings is 3. The summed E-state index contributed by atoms with van der Waals surface area (Å²) >= 11 is 5.18. The van der Waals surface area contributed by atoms with E-state index in [2.05, 4.69) is 10.6 Å². The van der Waals surface area contributed by atoms with Gasteiger partial charge < -0.3 is 5.32 Å². The van der Waals surface area contributed by atoms with Gasteiger partial charge in [-0.2, -0.15) is 0 Å². The fraction of sp³-hybridized carbons (Fsp3) is 0.0476. The quantitative estimate of drug-likeness (QED) is 0.383. The van der Waals surface area contributed by atoms with Gasteiger partial charge >= 0.3 is 0 Å². The Kier molecular flexibility index (Phi) is 5.76. The zero-order chi connectivity index (χ0) is 20.1. The predicted molar refractivity (Wildman–Crippen MR) is 113 cm³/mol. The van der Waals surface area contributed by atoms with Crippen molar-refractivity contribution in [3.05, 3.63) is 94.0 Å². The summed E-state index contributed by atoms with van der Waals surface area (Å²) in [5, 5.41) is 16.4. The van der Waals surface area contributed by atoms with Gasteiger partial charge in [0.1, 0.15) is 0 Å². The van der Waals surface area contributed by atoms with Gasteiger partial charge in [-0.3, -0.25) is 20.2 Å². The van der Waals surface area contributed by atoms with E-state index in [1.54, 1.807) is 25.1 Å². The molecule has 28 heavy (non-hydrogen) atoms. The summed E-state index contributed by atoms with van der Waals surface area (Å²) in [5.74, 6) is -0.336. The van der Waals surface area contributed by atoms with Crippen molar-refractivity contribution in [2.75, 3.05) is 5.32 Å². The summed E-state index contributed by atoms with van der Waals surface area (Å²) in [4.78, 5) is 22.7. The van der Waals surface area contributed by atoms with Crippen LogP contribution in [0.2, 0.25) is 0 Å². The number of nitrogens with zero attached hydrogens (tertiary/aromatic N) is 1. The van der Waals surface area contributed by atoms with Crippen LogP contribution in [0.3, 0.4) is 0 Å². The third-order valence-corrected chi connectivity index (χ3v) is 4.35. The molecule has 0 fully saturated rings. The molecule has 7 heteroatoms. The molecule has 0 atom stereocenters. The number of aryl methyl sites for hydroxylation is 1. The Labute approximate surface area is 167 Å². The smallest absolute Gasteiger partial charge is 0.269 e. The lowest BCUT2D eigenvalue weighted by Gasteiger charge is -2.12. The number of thiocarbonyl (C=S) groups is 1. The molecule has 1 amide bonds. The van der Waals surface area contributed by atoms with E-state index in [1.165, 1.54) is 12.1 Å². The number of non-ortho nitro benzene ring substituents is 1. The van der Waals surface area contributed by atoms with Gasteiger partial charge in [0, 0.05) is 23.4 Å². The molecule has 0 spiro atoms. The number of nitro groups is 1. The molecule has 0 heterocycles. The second-order valence-electron chi connectivity index (χ2n) is 6.11. The van der Waals surface area contributed by atoms with Crippen molar-refractivity contribution in [1.82, 2.24) is 5.32 Å². The Morgan fingerprint density at radius 2 is 1.61 bits per heavy atom. The van der Waals surface area contributed by atoms with Crippen LogP contribution in [0.5, 0.6) is 0 Å². The first-order valence-corrected chi connectivity index (χ1v) is 8.88. The molecule has 0 aliphatic heterocycles. The molecule has 2 N–H and O–H groups in total. The standard InChI is InChI=1S/C21H17N3O3S/c1-14-13-18(24(26)27)11-12-19(14)22-21(28)23-20(25)17-9-7-16(8-10-17)15-5-3-2-4-6-15/h2-13H,1H3,(H2,22,23,25,28). The first-order chi connectivity index (χ1) is 13.4.